The van der Waals surface area contributed by atoms with Crippen LogP contribution in [-0.2, 0) is 4.79 Å². The maximum absolute atomic E-state index is 13.7. The fraction of sp³-hybridized carbons (Fsp3) is 0.217. The summed E-state index contributed by atoms with van der Waals surface area (Å²) < 4.78 is 117. The molecule has 0 radical (unpaired) electrons. The van der Waals surface area contributed by atoms with E-state index in [0.29, 0.717) is 5.32 Å². The zero-order valence-electron chi connectivity index (χ0n) is 19.1. The monoisotopic (exact) mass is 704 g/mol. The van der Waals surface area contributed by atoms with Crippen molar-refractivity contribution in [3.05, 3.63) is 84.9 Å². The van der Waals surface area contributed by atoms with Crippen LogP contribution in [0.15, 0.2) is 53.2 Å². The molecule has 0 fully saturated rings. The van der Waals surface area contributed by atoms with Gasteiger partial charge in [0.2, 0.25) is 6.04 Å². The quantitative estimate of drug-likeness (QED) is 0.172. The van der Waals surface area contributed by atoms with Gasteiger partial charge in [-0.2, -0.15) is 39.5 Å². The minimum Gasteiger partial charge on any atom is -0.332 e. The third-order valence-electron chi connectivity index (χ3n) is 4.91. The maximum atomic E-state index is 13.7. The van der Waals surface area contributed by atoms with Gasteiger partial charge in [-0.25, -0.2) is 0 Å². The van der Waals surface area contributed by atoms with E-state index in [-0.39, 0.29) is 36.2 Å². The fourth-order valence-electron chi connectivity index (χ4n) is 3.02. The number of halogens is 13. The van der Waals surface area contributed by atoms with Crippen LogP contribution in [0.25, 0.3) is 6.08 Å². The van der Waals surface area contributed by atoms with Gasteiger partial charge in [0.05, 0.1) is 32.2 Å². The second-order valence-corrected chi connectivity index (χ2v) is 9.89. The Morgan fingerprint density at radius 3 is 1.85 bits per heavy atom. The molecule has 2 aromatic rings. The van der Waals surface area contributed by atoms with Gasteiger partial charge in [-0.3, -0.25) is 9.59 Å². The standard InChI is InChI=1S/C23H13BrCl3F9N2O2/c1-9(18(39)38-20(22(31,32)33)23(34,35)36)37-19(40)12-4-2-10(6-14(12)24)3-5-13(21(28,29)30)11-7-15(25)17(27)16(26)8-11/h2-8,13,20H,1H2,(H,37,40)(H,38,39)/b5-3+. The molecule has 2 amide bonds. The Kier molecular flexibility index (Phi) is 10.7. The van der Waals surface area contributed by atoms with Gasteiger partial charge in [-0.15, -0.1) is 0 Å². The number of alkyl halides is 9. The van der Waals surface area contributed by atoms with E-state index in [1.54, 1.807) is 5.32 Å². The van der Waals surface area contributed by atoms with E-state index in [1.807, 2.05) is 0 Å². The van der Waals surface area contributed by atoms with Gasteiger partial charge in [0.15, 0.2) is 0 Å². The summed E-state index contributed by atoms with van der Waals surface area (Å²) in [6, 6.07) is 1.22. The highest BCUT2D eigenvalue weighted by Gasteiger charge is 2.57. The molecule has 0 aliphatic carbocycles. The van der Waals surface area contributed by atoms with Crippen molar-refractivity contribution in [2.24, 2.45) is 0 Å². The molecule has 2 rings (SSSR count). The molecular formula is C23H13BrCl3F9N2O2. The number of carbonyl (C=O) groups excluding carboxylic acids is 2. The fourth-order valence-corrected chi connectivity index (χ4v) is 4.21. The van der Waals surface area contributed by atoms with E-state index < -0.39 is 48.0 Å². The Morgan fingerprint density at radius 1 is 0.875 bits per heavy atom. The van der Waals surface area contributed by atoms with E-state index >= 15 is 0 Å². The van der Waals surface area contributed by atoms with Crippen LogP contribution in [0.3, 0.4) is 0 Å². The minimum atomic E-state index is -5.87. The predicted octanol–water partition coefficient (Wildman–Crippen LogP) is 8.62. The van der Waals surface area contributed by atoms with Gasteiger partial charge in [-0.05, 0) is 51.3 Å². The number of amides is 2. The third-order valence-corrected chi connectivity index (χ3v) is 6.76. The Hall–Kier alpha value is -2.42. The lowest BCUT2D eigenvalue weighted by atomic mass is 9.97. The molecule has 0 saturated carbocycles. The van der Waals surface area contributed by atoms with Crippen molar-refractivity contribution in [2.75, 3.05) is 0 Å². The number of hydrogen-bond donors (Lipinski definition) is 2. The maximum Gasteiger partial charge on any atom is 0.417 e. The molecule has 0 saturated heterocycles. The summed E-state index contributed by atoms with van der Waals surface area (Å²) in [7, 11) is 0. The lowest BCUT2D eigenvalue weighted by Gasteiger charge is -2.24. The average molecular weight is 707 g/mol. The van der Waals surface area contributed by atoms with Crippen molar-refractivity contribution in [3.8, 4) is 0 Å². The van der Waals surface area contributed by atoms with Crippen molar-refractivity contribution in [2.45, 2.75) is 30.5 Å². The number of hydrogen-bond acceptors (Lipinski definition) is 2. The molecule has 0 aliphatic rings. The van der Waals surface area contributed by atoms with Crippen LogP contribution < -0.4 is 10.6 Å². The van der Waals surface area contributed by atoms with Gasteiger partial charge in [0.1, 0.15) is 0 Å². The van der Waals surface area contributed by atoms with Crippen LogP contribution in [0.5, 0.6) is 0 Å². The van der Waals surface area contributed by atoms with Gasteiger partial charge in [0, 0.05) is 4.47 Å². The Morgan fingerprint density at radius 2 is 1.40 bits per heavy atom. The van der Waals surface area contributed by atoms with Gasteiger partial charge < -0.3 is 10.6 Å². The number of rotatable bonds is 7. The van der Waals surface area contributed by atoms with Crippen LogP contribution in [-0.4, -0.2) is 36.4 Å². The average Bonchev–Trinajstić information content (AvgIpc) is 2.78. The van der Waals surface area contributed by atoms with E-state index in [2.05, 4.69) is 22.5 Å². The van der Waals surface area contributed by atoms with Crippen LogP contribution in [0, 0.1) is 0 Å². The first-order valence-corrected chi connectivity index (χ1v) is 12.2. The lowest BCUT2D eigenvalue weighted by molar-refractivity contribution is -0.257. The minimum absolute atomic E-state index is 0.0510. The zero-order chi connectivity index (χ0) is 30.8. The molecule has 17 heteroatoms. The summed E-state index contributed by atoms with van der Waals surface area (Å²) in [5.74, 6) is -5.29. The molecule has 218 valence electrons. The van der Waals surface area contributed by atoms with Crippen molar-refractivity contribution >= 4 is 68.6 Å². The molecule has 0 heterocycles. The van der Waals surface area contributed by atoms with Gasteiger partial charge >= 0.3 is 18.5 Å². The molecular weight excluding hydrogens is 694 g/mol. The summed E-state index contributed by atoms with van der Waals surface area (Å²) in [4.78, 5) is 24.2. The molecule has 4 nitrogen and oxygen atoms in total. The normalized spacial score (nSPS) is 13.4. The van der Waals surface area contributed by atoms with Crippen LogP contribution in [0.2, 0.25) is 15.1 Å². The number of nitrogens with one attached hydrogen (secondary N) is 2. The molecule has 0 spiro atoms. The highest BCUT2D eigenvalue weighted by Crippen LogP contribution is 2.41. The molecule has 2 N–H and O–H groups in total. The van der Waals surface area contributed by atoms with Crippen molar-refractivity contribution < 1.29 is 49.1 Å². The third kappa shape index (κ3) is 8.79. The Balaban J connectivity index is 2.22. The van der Waals surface area contributed by atoms with Gasteiger partial charge in [0.25, 0.3) is 11.8 Å². The smallest absolute Gasteiger partial charge is 0.332 e. The summed E-state index contributed by atoms with van der Waals surface area (Å²) in [5, 5.41) is 1.93. The van der Waals surface area contributed by atoms with E-state index in [4.69, 9.17) is 34.8 Å². The number of carbonyl (C=O) groups is 2. The molecule has 0 aromatic heterocycles. The lowest BCUT2D eigenvalue weighted by Crippen LogP contribution is -2.55. The van der Waals surface area contributed by atoms with E-state index in [9.17, 15) is 49.1 Å². The Labute approximate surface area is 243 Å². The first kappa shape index (κ1) is 33.8. The summed E-state index contributed by atoms with van der Waals surface area (Å²) in [5.41, 5.74) is -1.59. The molecule has 1 atom stereocenters. The summed E-state index contributed by atoms with van der Waals surface area (Å²) >= 11 is 20.4. The van der Waals surface area contributed by atoms with Crippen molar-refractivity contribution in [3.63, 3.8) is 0 Å². The SMILES string of the molecule is C=C(NC(=O)c1ccc(/C=C/C(c2cc(Cl)c(Cl)c(Cl)c2)C(F)(F)F)cc1Br)C(=O)NC(C(F)(F)F)C(F)(F)F. The van der Waals surface area contributed by atoms with Crippen molar-refractivity contribution in [1.82, 2.24) is 10.6 Å². The number of allylic oxidation sites excluding steroid dienone is 1. The predicted molar refractivity (Wildman–Crippen MR) is 134 cm³/mol. The van der Waals surface area contributed by atoms with E-state index in [1.165, 1.54) is 12.1 Å². The summed E-state index contributed by atoms with van der Waals surface area (Å²) in [6.07, 6.45) is -14.7. The second kappa shape index (κ2) is 12.6. The second-order valence-electron chi connectivity index (χ2n) is 7.84. The largest absolute Gasteiger partial charge is 0.417 e. The molecule has 40 heavy (non-hydrogen) atoms. The van der Waals surface area contributed by atoms with Crippen LogP contribution in [0.4, 0.5) is 39.5 Å². The van der Waals surface area contributed by atoms with Gasteiger partial charge in [-0.1, -0.05) is 59.6 Å². The molecule has 1 unspecified atom stereocenters. The topological polar surface area (TPSA) is 58.2 Å². The first-order chi connectivity index (χ1) is 18.1. The summed E-state index contributed by atoms with van der Waals surface area (Å²) in [6.45, 7) is 2.96. The van der Waals surface area contributed by atoms with Crippen LogP contribution in [0.1, 0.15) is 27.4 Å². The van der Waals surface area contributed by atoms with Crippen LogP contribution >= 0.6 is 50.7 Å². The number of benzene rings is 2. The van der Waals surface area contributed by atoms with Crippen molar-refractivity contribution in [1.29, 1.82) is 0 Å². The highest BCUT2D eigenvalue weighted by molar-refractivity contribution is 9.10. The molecule has 0 aliphatic heterocycles. The highest BCUT2D eigenvalue weighted by atomic mass is 79.9. The molecule has 0 bridgehead atoms. The Bertz CT molecular complexity index is 1310. The molecule has 2 aromatic carbocycles. The zero-order valence-corrected chi connectivity index (χ0v) is 23.0. The first-order valence-electron chi connectivity index (χ1n) is 10.3. The van der Waals surface area contributed by atoms with E-state index in [0.717, 1.165) is 30.4 Å².